The normalized spacial score (nSPS) is 10.9. The maximum atomic E-state index is 15.0. The highest BCUT2D eigenvalue weighted by molar-refractivity contribution is 6.04. The molecule has 9 heteroatoms. The number of carbonyl (C=O) groups excluding carboxylic acids is 1. The number of fused-ring (bicyclic) bond motifs is 1. The van der Waals surface area contributed by atoms with Gasteiger partial charge in [0.15, 0.2) is 11.6 Å². The molecule has 5 rings (SSSR count). The van der Waals surface area contributed by atoms with E-state index >= 15 is 0 Å². The molecular formula is C28H23FN4O4. The van der Waals surface area contributed by atoms with Gasteiger partial charge in [-0.05, 0) is 55.8 Å². The van der Waals surface area contributed by atoms with Gasteiger partial charge in [0.25, 0.3) is 11.5 Å². The summed E-state index contributed by atoms with van der Waals surface area (Å²) >= 11 is 0. The van der Waals surface area contributed by atoms with Crippen molar-refractivity contribution >= 4 is 22.5 Å². The number of para-hydroxylation sites is 1. The zero-order valence-corrected chi connectivity index (χ0v) is 20.3. The number of H-pyrrole nitrogens is 1. The topological polar surface area (TPSA) is 98.2 Å². The van der Waals surface area contributed by atoms with Gasteiger partial charge in [-0.25, -0.2) is 9.07 Å². The second kappa shape index (κ2) is 9.62. The van der Waals surface area contributed by atoms with Gasteiger partial charge in [-0.1, -0.05) is 18.2 Å². The Kier molecular flexibility index (Phi) is 6.19. The smallest absolute Gasteiger partial charge is 0.284 e. The second-order valence-corrected chi connectivity index (χ2v) is 8.44. The molecule has 0 unspecified atom stereocenters. The van der Waals surface area contributed by atoms with Crippen molar-refractivity contribution < 1.29 is 18.7 Å². The molecule has 37 heavy (non-hydrogen) atoms. The molecule has 0 fully saturated rings. The van der Waals surface area contributed by atoms with Crippen molar-refractivity contribution in [3.8, 4) is 22.9 Å². The number of rotatable bonds is 6. The van der Waals surface area contributed by atoms with Crippen molar-refractivity contribution in [2.75, 3.05) is 12.4 Å². The lowest BCUT2D eigenvalue weighted by molar-refractivity contribution is 0.102. The SMILES string of the molecule is COc1cc2nccc(Oc3ccc(NC(=O)c4c(C)[nH]n(-c5ccccc5)c4=O)cc3F)c2cc1C. The van der Waals surface area contributed by atoms with Gasteiger partial charge < -0.3 is 14.8 Å². The third kappa shape index (κ3) is 4.54. The maximum absolute atomic E-state index is 15.0. The van der Waals surface area contributed by atoms with Crippen molar-refractivity contribution in [3.63, 3.8) is 0 Å². The van der Waals surface area contributed by atoms with Crippen molar-refractivity contribution in [1.82, 2.24) is 14.8 Å². The standard InChI is InChI=1S/C28H23FN4O4/c1-16-13-20-22(15-25(16)36-3)30-12-11-23(20)37-24-10-9-18(14-21(24)29)31-27(34)26-17(2)32-33(28(26)35)19-7-5-4-6-8-19/h4-15,32H,1-3H3,(H,31,34). The molecule has 0 radical (unpaired) electrons. The lowest BCUT2D eigenvalue weighted by atomic mass is 10.1. The van der Waals surface area contributed by atoms with Gasteiger partial charge >= 0.3 is 0 Å². The summed E-state index contributed by atoms with van der Waals surface area (Å²) in [5, 5.41) is 6.20. The van der Waals surface area contributed by atoms with Crippen LogP contribution in [0.25, 0.3) is 16.6 Å². The third-order valence-electron chi connectivity index (χ3n) is 5.94. The van der Waals surface area contributed by atoms with E-state index in [1.165, 1.54) is 16.8 Å². The van der Waals surface area contributed by atoms with Gasteiger partial charge in [-0.15, -0.1) is 0 Å². The van der Waals surface area contributed by atoms with Crippen LogP contribution in [0.3, 0.4) is 0 Å². The summed E-state index contributed by atoms with van der Waals surface area (Å²) in [5.41, 5.74) is 2.14. The molecule has 2 heterocycles. The van der Waals surface area contributed by atoms with E-state index in [-0.39, 0.29) is 17.0 Å². The first-order chi connectivity index (χ1) is 17.9. The number of anilines is 1. The van der Waals surface area contributed by atoms with E-state index in [9.17, 15) is 14.0 Å². The first-order valence-corrected chi connectivity index (χ1v) is 11.4. The highest BCUT2D eigenvalue weighted by Crippen LogP contribution is 2.34. The molecule has 0 aliphatic carbocycles. The number of pyridine rings is 1. The molecule has 0 bridgehead atoms. The summed E-state index contributed by atoms with van der Waals surface area (Å²) in [4.78, 5) is 30.1. The zero-order valence-electron chi connectivity index (χ0n) is 20.3. The molecule has 0 aliphatic rings. The summed E-state index contributed by atoms with van der Waals surface area (Å²) in [5.74, 6) is -0.234. The fourth-order valence-electron chi connectivity index (χ4n) is 4.11. The first-order valence-electron chi connectivity index (χ1n) is 11.4. The predicted molar refractivity (Wildman–Crippen MR) is 139 cm³/mol. The van der Waals surface area contributed by atoms with E-state index in [1.54, 1.807) is 56.6 Å². The Morgan fingerprint density at radius 2 is 1.78 bits per heavy atom. The maximum Gasteiger partial charge on any atom is 0.284 e. The number of aromatic amines is 1. The molecule has 3 aromatic carbocycles. The van der Waals surface area contributed by atoms with Crippen molar-refractivity contribution in [1.29, 1.82) is 0 Å². The molecule has 0 saturated carbocycles. The minimum Gasteiger partial charge on any atom is -0.496 e. The molecule has 0 atom stereocenters. The Morgan fingerprint density at radius 3 is 2.51 bits per heavy atom. The number of nitrogens with zero attached hydrogens (tertiary/aromatic N) is 2. The van der Waals surface area contributed by atoms with Crippen LogP contribution in [-0.2, 0) is 0 Å². The molecule has 1 amide bonds. The van der Waals surface area contributed by atoms with Crippen molar-refractivity contribution in [3.05, 3.63) is 106 Å². The third-order valence-corrected chi connectivity index (χ3v) is 5.94. The number of halogens is 1. The number of methoxy groups -OCH3 is 1. The molecule has 0 saturated heterocycles. The quantitative estimate of drug-likeness (QED) is 0.321. The van der Waals surface area contributed by atoms with E-state index in [2.05, 4.69) is 15.4 Å². The average molecular weight is 499 g/mol. The van der Waals surface area contributed by atoms with E-state index in [1.807, 2.05) is 19.1 Å². The Bertz CT molecular complexity index is 1690. The summed E-state index contributed by atoms with van der Waals surface area (Å²) in [6.45, 7) is 3.53. The van der Waals surface area contributed by atoms with Crippen LogP contribution in [-0.4, -0.2) is 27.8 Å². The molecule has 2 aromatic heterocycles. The monoisotopic (exact) mass is 498 g/mol. The van der Waals surface area contributed by atoms with E-state index < -0.39 is 17.3 Å². The second-order valence-electron chi connectivity index (χ2n) is 8.44. The largest absolute Gasteiger partial charge is 0.496 e. The average Bonchev–Trinajstić information content (AvgIpc) is 3.19. The predicted octanol–water partition coefficient (Wildman–Crippen LogP) is 5.52. The lowest BCUT2D eigenvalue weighted by Crippen LogP contribution is -2.24. The Morgan fingerprint density at radius 1 is 1.00 bits per heavy atom. The number of nitrogens with one attached hydrogen (secondary N) is 2. The fraction of sp³-hybridized carbons (Fsp3) is 0.107. The molecule has 5 aromatic rings. The van der Waals surface area contributed by atoms with E-state index in [0.717, 1.165) is 11.6 Å². The van der Waals surface area contributed by atoms with Crippen molar-refractivity contribution in [2.24, 2.45) is 0 Å². The van der Waals surface area contributed by atoms with Crippen LogP contribution in [0.1, 0.15) is 21.6 Å². The van der Waals surface area contributed by atoms with Crippen LogP contribution in [0, 0.1) is 19.7 Å². The number of aryl methyl sites for hydroxylation is 2. The number of ether oxygens (including phenoxy) is 2. The van der Waals surface area contributed by atoms with Gasteiger partial charge in [0, 0.05) is 35.1 Å². The molecule has 8 nitrogen and oxygen atoms in total. The molecule has 0 spiro atoms. The fourth-order valence-corrected chi connectivity index (χ4v) is 4.11. The molecule has 186 valence electrons. The number of hydrogen-bond acceptors (Lipinski definition) is 5. The Hall–Kier alpha value is -4.92. The number of amides is 1. The highest BCUT2D eigenvalue weighted by atomic mass is 19.1. The Labute approximate surface area is 211 Å². The molecule has 0 aliphatic heterocycles. The minimum absolute atomic E-state index is 0.0248. The Balaban J connectivity index is 1.39. The summed E-state index contributed by atoms with van der Waals surface area (Å²) < 4.78 is 27.5. The van der Waals surface area contributed by atoms with Gasteiger partial charge in [-0.2, -0.15) is 0 Å². The molecule has 2 N–H and O–H groups in total. The summed E-state index contributed by atoms with van der Waals surface area (Å²) in [7, 11) is 1.58. The minimum atomic E-state index is -0.680. The number of hydrogen-bond donors (Lipinski definition) is 2. The highest BCUT2D eigenvalue weighted by Gasteiger charge is 2.20. The van der Waals surface area contributed by atoms with Crippen LogP contribution >= 0.6 is 0 Å². The number of carbonyl (C=O) groups is 1. The van der Waals surface area contributed by atoms with Gasteiger partial charge in [-0.3, -0.25) is 19.7 Å². The van der Waals surface area contributed by atoms with Gasteiger partial charge in [0.05, 0.1) is 18.3 Å². The molecular weight excluding hydrogens is 475 g/mol. The zero-order chi connectivity index (χ0) is 26.1. The van der Waals surface area contributed by atoms with E-state index in [0.29, 0.717) is 33.8 Å². The van der Waals surface area contributed by atoms with Crippen LogP contribution in [0.15, 0.2) is 77.7 Å². The van der Waals surface area contributed by atoms with Crippen LogP contribution in [0.2, 0.25) is 0 Å². The summed E-state index contributed by atoms with van der Waals surface area (Å²) in [6, 6.07) is 18.3. The number of benzene rings is 3. The van der Waals surface area contributed by atoms with Crippen LogP contribution in [0.4, 0.5) is 10.1 Å². The summed E-state index contributed by atoms with van der Waals surface area (Å²) in [6.07, 6.45) is 1.57. The van der Waals surface area contributed by atoms with Crippen LogP contribution < -0.4 is 20.3 Å². The van der Waals surface area contributed by atoms with Crippen LogP contribution in [0.5, 0.6) is 17.2 Å². The van der Waals surface area contributed by atoms with Gasteiger partial charge in [0.1, 0.15) is 17.1 Å². The van der Waals surface area contributed by atoms with E-state index in [4.69, 9.17) is 9.47 Å². The first kappa shape index (κ1) is 23.8. The van der Waals surface area contributed by atoms with Gasteiger partial charge in [0.2, 0.25) is 0 Å². The lowest BCUT2D eigenvalue weighted by Gasteiger charge is -2.12. The number of aromatic nitrogens is 3. The van der Waals surface area contributed by atoms with Crippen molar-refractivity contribution in [2.45, 2.75) is 13.8 Å².